The maximum absolute atomic E-state index is 11.0. The molecule has 1 unspecified atom stereocenters. The van der Waals surface area contributed by atoms with Crippen LogP contribution in [0.1, 0.15) is 29.9 Å². The van der Waals surface area contributed by atoms with E-state index < -0.39 is 5.97 Å². The second-order valence-electron chi connectivity index (χ2n) is 4.73. The van der Waals surface area contributed by atoms with Crippen molar-refractivity contribution >= 4 is 5.97 Å². The number of carbonyl (C=O) groups is 1. The summed E-state index contributed by atoms with van der Waals surface area (Å²) in [5, 5.41) is 9.04. The first-order chi connectivity index (χ1) is 9.25. The van der Waals surface area contributed by atoms with Crippen molar-refractivity contribution in [2.45, 2.75) is 25.2 Å². The van der Waals surface area contributed by atoms with Crippen molar-refractivity contribution in [1.82, 2.24) is 0 Å². The topological polar surface area (TPSA) is 37.3 Å². The van der Waals surface area contributed by atoms with Gasteiger partial charge in [0.25, 0.3) is 0 Å². The zero-order valence-electron chi connectivity index (χ0n) is 10.8. The average Bonchev–Trinajstić information content (AvgIpc) is 2.45. The highest BCUT2D eigenvalue weighted by Gasteiger charge is 2.15. The van der Waals surface area contributed by atoms with E-state index in [0.717, 1.165) is 18.4 Å². The Hall–Kier alpha value is -2.09. The van der Waals surface area contributed by atoms with E-state index in [1.165, 1.54) is 5.56 Å². The second kappa shape index (κ2) is 6.74. The zero-order chi connectivity index (χ0) is 13.5. The molecule has 98 valence electrons. The van der Waals surface area contributed by atoms with Crippen molar-refractivity contribution in [1.29, 1.82) is 0 Å². The van der Waals surface area contributed by atoms with Crippen LogP contribution in [0.5, 0.6) is 0 Å². The van der Waals surface area contributed by atoms with E-state index in [4.69, 9.17) is 5.11 Å². The normalized spacial score (nSPS) is 12.0. The molecule has 0 bridgehead atoms. The summed E-state index contributed by atoms with van der Waals surface area (Å²) in [6, 6.07) is 20.1. The lowest BCUT2D eigenvalue weighted by Crippen LogP contribution is -2.07. The number of rotatable bonds is 6. The lowest BCUT2D eigenvalue weighted by atomic mass is 9.90. The van der Waals surface area contributed by atoms with E-state index >= 15 is 0 Å². The largest absolute Gasteiger partial charge is 0.481 e. The van der Waals surface area contributed by atoms with Crippen LogP contribution in [0.15, 0.2) is 60.7 Å². The molecule has 2 nitrogen and oxygen atoms in total. The minimum atomic E-state index is -0.734. The van der Waals surface area contributed by atoms with Gasteiger partial charge in [0.1, 0.15) is 0 Å². The first kappa shape index (κ1) is 13.3. The summed E-state index contributed by atoms with van der Waals surface area (Å²) in [5.41, 5.74) is 2.37. The summed E-state index contributed by atoms with van der Waals surface area (Å²) in [6.45, 7) is 0. The minimum absolute atomic E-state index is 0.0823. The Kier molecular flexibility index (Phi) is 4.73. The molecule has 0 aromatic heterocycles. The van der Waals surface area contributed by atoms with Crippen LogP contribution < -0.4 is 0 Å². The molecule has 0 aliphatic rings. The molecule has 0 radical (unpaired) electrons. The van der Waals surface area contributed by atoms with Gasteiger partial charge in [-0.25, -0.2) is 0 Å². The average molecular weight is 254 g/mol. The number of hydrogen-bond acceptors (Lipinski definition) is 1. The molecule has 0 spiro atoms. The third-order valence-electron chi connectivity index (χ3n) is 3.32. The fourth-order valence-corrected chi connectivity index (χ4v) is 2.31. The van der Waals surface area contributed by atoms with Crippen molar-refractivity contribution in [3.63, 3.8) is 0 Å². The third kappa shape index (κ3) is 4.25. The van der Waals surface area contributed by atoms with Gasteiger partial charge >= 0.3 is 5.97 Å². The van der Waals surface area contributed by atoms with E-state index in [2.05, 4.69) is 12.1 Å². The molecule has 0 saturated heterocycles. The van der Waals surface area contributed by atoms with Gasteiger partial charge in [0.2, 0.25) is 0 Å². The molecule has 0 heterocycles. The molecule has 0 aliphatic heterocycles. The van der Waals surface area contributed by atoms with E-state index in [1.807, 2.05) is 48.5 Å². The van der Waals surface area contributed by atoms with E-state index in [1.54, 1.807) is 0 Å². The Balaban J connectivity index is 2.04. The van der Waals surface area contributed by atoms with Crippen molar-refractivity contribution in [3.05, 3.63) is 71.8 Å². The van der Waals surface area contributed by atoms with Crippen molar-refractivity contribution < 1.29 is 9.90 Å². The molecule has 2 rings (SSSR count). The van der Waals surface area contributed by atoms with Crippen molar-refractivity contribution in [3.8, 4) is 0 Å². The van der Waals surface area contributed by atoms with Crippen LogP contribution in [-0.2, 0) is 11.2 Å². The quantitative estimate of drug-likeness (QED) is 0.849. The number of carboxylic acid groups (broad SMARTS) is 1. The molecule has 0 amide bonds. The highest BCUT2D eigenvalue weighted by atomic mass is 16.4. The molecule has 0 fully saturated rings. The highest BCUT2D eigenvalue weighted by Crippen LogP contribution is 2.25. The summed E-state index contributed by atoms with van der Waals surface area (Å²) in [6.07, 6.45) is 1.96. The molecule has 2 heteroatoms. The number of benzene rings is 2. The maximum atomic E-state index is 11.0. The Morgan fingerprint density at radius 3 is 2.11 bits per heavy atom. The molecule has 19 heavy (non-hydrogen) atoms. The van der Waals surface area contributed by atoms with Crippen LogP contribution in [0.3, 0.4) is 0 Å². The van der Waals surface area contributed by atoms with E-state index in [0.29, 0.717) is 0 Å². The van der Waals surface area contributed by atoms with E-state index in [-0.39, 0.29) is 12.3 Å². The fourth-order valence-electron chi connectivity index (χ4n) is 2.31. The molecule has 0 aliphatic carbocycles. The first-order valence-electron chi connectivity index (χ1n) is 6.56. The van der Waals surface area contributed by atoms with Crippen LogP contribution in [-0.4, -0.2) is 11.1 Å². The van der Waals surface area contributed by atoms with Crippen molar-refractivity contribution in [2.75, 3.05) is 0 Å². The monoisotopic (exact) mass is 254 g/mol. The van der Waals surface area contributed by atoms with Crippen LogP contribution in [0.2, 0.25) is 0 Å². The molecule has 2 aromatic rings. The predicted molar refractivity (Wildman–Crippen MR) is 76.2 cm³/mol. The van der Waals surface area contributed by atoms with Crippen molar-refractivity contribution in [2.24, 2.45) is 0 Å². The Labute approximate surface area is 113 Å². The third-order valence-corrected chi connectivity index (χ3v) is 3.32. The summed E-state index contributed by atoms with van der Waals surface area (Å²) >= 11 is 0. The SMILES string of the molecule is O=C(O)CC(CCc1ccccc1)c1ccccc1. The van der Waals surface area contributed by atoms with Gasteiger partial charge in [-0.2, -0.15) is 0 Å². The first-order valence-corrected chi connectivity index (χ1v) is 6.56. The van der Waals surface area contributed by atoms with Gasteiger partial charge in [-0.05, 0) is 29.9 Å². The smallest absolute Gasteiger partial charge is 0.303 e. The second-order valence-corrected chi connectivity index (χ2v) is 4.73. The van der Waals surface area contributed by atoms with Gasteiger partial charge in [0, 0.05) is 0 Å². The standard InChI is InChI=1S/C17H18O2/c18-17(19)13-16(15-9-5-2-6-10-15)12-11-14-7-3-1-4-8-14/h1-10,16H,11-13H2,(H,18,19). The Morgan fingerprint density at radius 2 is 1.53 bits per heavy atom. The van der Waals surface area contributed by atoms with E-state index in [9.17, 15) is 4.79 Å². The Bertz CT molecular complexity index is 505. The van der Waals surface area contributed by atoms with Gasteiger partial charge in [0.15, 0.2) is 0 Å². The summed E-state index contributed by atoms with van der Waals surface area (Å²) in [5.74, 6) is -0.652. The van der Waals surface area contributed by atoms with Gasteiger partial charge in [0.05, 0.1) is 6.42 Å². The molecular formula is C17H18O2. The van der Waals surface area contributed by atoms with Crippen LogP contribution in [0.4, 0.5) is 0 Å². The Morgan fingerprint density at radius 1 is 0.947 bits per heavy atom. The maximum Gasteiger partial charge on any atom is 0.303 e. The van der Waals surface area contributed by atoms with Crippen LogP contribution in [0, 0.1) is 0 Å². The molecular weight excluding hydrogens is 236 g/mol. The molecule has 1 N–H and O–H groups in total. The summed E-state index contributed by atoms with van der Waals surface area (Å²) in [7, 11) is 0. The molecule has 1 atom stereocenters. The number of aliphatic carboxylic acids is 1. The minimum Gasteiger partial charge on any atom is -0.481 e. The lowest BCUT2D eigenvalue weighted by Gasteiger charge is -2.15. The molecule has 2 aromatic carbocycles. The van der Waals surface area contributed by atoms with Gasteiger partial charge in [-0.3, -0.25) is 4.79 Å². The predicted octanol–water partition coefficient (Wildman–Crippen LogP) is 3.88. The van der Waals surface area contributed by atoms with Crippen LogP contribution >= 0.6 is 0 Å². The fraction of sp³-hybridized carbons (Fsp3) is 0.235. The zero-order valence-corrected chi connectivity index (χ0v) is 10.8. The summed E-state index contributed by atoms with van der Waals surface area (Å²) in [4.78, 5) is 11.0. The highest BCUT2D eigenvalue weighted by molar-refractivity contribution is 5.68. The van der Waals surface area contributed by atoms with Gasteiger partial charge < -0.3 is 5.11 Å². The van der Waals surface area contributed by atoms with Gasteiger partial charge in [-0.1, -0.05) is 60.7 Å². The lowest BCUT2D eigenvalue weighted by molar-refractivity contribution is -0.137. The summed E-state index contributed by atoms with van der Waals surface area (Å²) < 4.78 is 0. The number of carboxylic acids is 1. The van der Waals surface area contributed by atoms with Crippen LogP contribution in [0.25, 0.3) is 0 Å². The molecule has 0 saturated carbocycles. The van der Waals surface area contributed by atoms with Gasteiger partial charge in [-0.15, -0.1) is 0 Å². The number of hydrogen-bond donors (Lipinski definition) is 1. The number of aryl methyl sites for hydroxylation is 1.